The number of nitrogens with one attached hydrogen (secondary N) is 1. The van der Waals surface area contributed by atoms with Crippen molar-refractivity contribution >= 4 is 51.3 Å². The summed E-state index contributed by atoms with van der Waals surface area (Å²) in [5.41, 5.74) is 0. The molecule has 2 heterocycles. The molecule has 9 heteroatoms. The highest BCUT2D eigenvalue weighted by molar-refractivity contribution is 14.0. The van der Waals surface area contributed by atoms with Gasteiger partial charge in [0.15, 0.2) is 5.96 Å². The van der Waals surface area contributed by atoms with Gasteiger partial charge in [-0.3, -0.25) is 4.99 Å². The average molecular weight is 472 g/mol. The predicted molar refractivity (Wildman–Crippen MR) is 106 cm³/mol. The van der Waals surface area contributed by atoms with Crippen molar-refractivity contribution in [1.82, 2.24) is 14.5 Å². The zero-order valence-electron chi connectivity index (χ0n) is 13.8. The number of likely N-dealkylation sites (N-methyl/N-ethyl adjacent to an activating group) is 1. The minimum atomic E-state index is -3.33. The molecule has 132 valence electrons. The van der Waals surface area contributed by atoms with Crippen LogP contribution in [0.3, 0.4) is 0 Å². The molecule has 0 amide bonds. The van der Waals surface area contributed by atoms with Crippen molar-refractivity contribution in [2.24, 2.45) is 4.99 Å². The Kier molecular flexibility index (Phi) is 8.25. The van der Waals surface area contributed by atoms with Gasteiger partial charge in [-0.05, 0) is 18.6 Å². The molecular weight excluding hydrogens is 447 g/mol. The fraction of sp³-hybridized carbons (Fsp3) is 0.643. The van der Waals surface area contributed by atoms with E-state index in [4.69, 9.17) is 0 Å². The minimum Gasteiger partial charge on any atom is -0.356 e. The Balaban J connectivity index is 0.00000264. The third-order valence-electron chi connectivity index (χ3n) is 3.65. The van der Waals surface area contributed by atoms with Gasteiger partial charge in [0.25, 0.3) is 10.0 Å². The second kappa shape index (κ2) is 9.19. The van der Waals surface area contributed by atoms with Crippen molar-refractivity contribution < 1.29 is 8.42 Å². The van der Waals surface area contributed by atoms with E-state index in [-0.39, 0.29) is 24.0 Å². The Morgan fingerprint density at radius 2 is 2.04 bits per heavy atom. The van der Waals surface area contributed by atoms with Gasteiger partial charge in [0.1, 0.15) is 4.21 Å². The van der Waals surface area contributed by atoms with Crippen molar-refractivity contribution in [1.29, 1.82) is 0 Å². The number of thiophene rings is 1. The molecule has 0 spiro atoms. The third-order valence-corrected chi connectivity index (χ3v) is 7.31. The van der Waals surface area contributed by atoms with E-state index in [1.165, 1.54) is 15.6 Å². The molecule has 0 fully saturated rings. The first-order chi connectivity index (χ1) is 10.5. The topological polar surface area (TPSA) is 65.0 Å². The van der Waals surface area contributed by atoms with Crippen LogP contribution < -0.4 is 5.32 Å². The largest absolute Gasteiger partial charge is 0.356 e. The van der Waals surface area contributed by atoms with Crippen LogP contribution in [0.25, 0.3) is 0 Å². The maximum atomic E-state index is 12.4. The molecule has 1 aromatic rings. The molecule has 1 N–H and O–H groups in total. The molecule has 0 bridgehead atoms. The van der Waals surface area contributed by atoms with Gasteiger partial charge in [0.05, 0.1) is 6.54 Å². The fourth-order valence-electron chi connectivity index (χ4n) is 2.34. The van der Waals surface area contributed by atoms with Crippen LogP contribution in [-0.2, 0) is 16.4 Å². The number of rotatable bonds is 7. The van der Waals surface area contributed by atoms with E-state index in [0.29, 0.717) is 17.3 Å². The Hall–Kier alpha value is -0.390. The number of hydrogen-bond donors (Lipinski definition) is 1. The highest BCUT2D eigenvalue weighted by atomic mass is 127. The van der Waals surface area contributed by atoms with Gasteiger partial charge in [0, 0.05) is 38.1 Å². The molecule has 1 aliphatic rings. The van der Waals surface area contributed by atoms with Crippen LogP contribution in [0.1, 0.15) is 18.7 Å². The SMILES string of the molecule is CCN(CC)S(=O)(=O)c1ccc(CCNC2=NCCN2C)s1.I. The molecule has 0 unspecified atom stereocenters. The molecule has 1 aliphatic heterocycles. The summed E-state index contributed by atoms with van der Waals surface area (Å²) < 4.78 is 26.8. The van der Waals surface area contributed by atoms with Crippen molar-refractivity contribution in [2.75, 3.05) is 39.8 Å². The molecule has 0 saturated heterocycles. The Labute approximate surface area is 160 Å². The normalized spacial score (nSPS) is 14.8. The zero-order valence-corrected chi connectivity index (χ0v) is 17.7. The highest BCUT2D eigenvalue weighted by Gasteiger charge is 2.23. The molecule has 0 aliphatic carbocycles. The van der Waals surface area contributed by atoms with Gasteiger partial charge < -0.3 is 10.2 Å². The molecule has 0 radical (unpaired) electrons. The molecule has 2 rings (SSSR count). The third kappa shape index (κ3) is 5.04. The van der Waals surface area contributed by atoms with Gasteiger partial charge >= 0.3 is 0 Å². The van der Waals surface area contributed by atoms with Crippen LogP contribution in [0.4, 0.5) is 0 Å². The van der Waals surface area contributed by atoms with Crippen LogP contribution in [0.15, 0.2) is 21.3 Å². The van der Waals surface area contributed by atoms with E-state index in [1.807, 2.05) is 27.0 Å². The molecule has 23 heavy (non-hydrogen) atoms. The summed E-state index contributed by atoms with van der Waals surface area (Å²) in [6, 6.07) is 3.62. The summed E-state index contributed by atoms with van der Waals surface area (Å²) in [5.74, 6) is 0.924. The number of aliphatic imine (C=N–C) groups is 1. The van der Waals surface area contributed by atoms with Crippen LogP contribution in [-0.4, -0.2) is 63.4 Å². The number of halogens is 1. The number of sulfonamides is 1. The van der Waals surface area contributed by atoms with Crippen LogP contribution in [0.2, 0.25) is 0 Å². The van der Waals surface area contributed by atoms with Crippen molar-refractivity contribution in [3.05, 3.63) is 17.0 Å². The van der Waals surface area contributed by atoms with E-state index in [2.05, 4.69) is 15.2 Å². The minimum absolute atomic E-state index is 0. The van der Waals surface area contributed by atoms with Crippen LogP contribution in [0.5, 0.6) is 0 Å². The average Bonchev–Trinajstić information content (AvgIpc) is 3.10. The summed E-state index contributed by atoms with van der Waals surface area (Å²) in [4.78, 5) is 7.53. The first-order valence-electron chi connectivity index (χ1n) is 7.57. The molecule has 0 saturated carbocycles. The summed E-state index contributed by atoms with van der Waals surface area (Å²) in [6.07, 6.45) is 0.797. The van der Waals surface area contributed by atoms with E-state index >= 15 is 0 Å². The first kappa shape index (κ1) is 20.7. The maximum absolute atomic E-state index is 12.4. The molecule has 0 atom stereocenters. The smallest absolute Gasteiger partial charge is 0.252 e. The summed E-state index contributed by atoms with van der Waals surface area (Å²) in [7, 11) is -1.32. The number of hydrogen-bond acceptors (Lipinski definition) is 6. The van der Waals surface area contributed by atoms with Gasteiger partial charge in [-0.15, -0.1) is 35.3 Å². The van der Waals surface area contributed by atoms with E-state index in [1.54, 1.807) is 6.07 Å². The van der Waals surface area contributed by atoms with Gasteiger partial charge in [-0.25, -0.2) is 8.42 Å². The zero-order chi connectivity index (χ0) is 16.2. The second-order valence-corrected chi connectivity index (χ2v) is 8.45. The maximum Gasteiger partial charge on any atom is 0.252 e. The Bertz CT molecular complexity index is 626. The van der Waals surface area contributed by atoms with Crippen molar-refractivity contribution in [3.8, 4) is 0 Å². The number of guanidine groups is 1. The Morgan fingerprint density at radius 3 is 2.61 bits per heavy atom. The lowest BCUT2D eigenvalue weighted by Crippen LogP contribution is -2.36. The summed E-state index contributed by atoms with van der Waals surface area (Å²) in [5, 5.41) is 3.30. The van der Waals surface area contributed by atoms with Crippen LogP contribution in [0, 0.1) is 0 Å². The second-order valence-electron chi connectivity index (χ2n) is 5.11. The molecular formula is C14H25IN4O2S2. The molecule has 1 aromatic heterocycles. The standard InChI is InChI=1S/C14H24N4O2S2.HI/c1-4-18(5-2)22(19,20)13-7-6-12(21-13)8-9-15-14-16-10-11-17(14)3;/h6-7H,4-5,8-11H2,1-3H3,(H,15,16);1H. The van der Waals surface area contributed by atoms with Crippen LogP contribution >= 0.6 is 35.3 Å². The lowest BCUT2D eigenvalue weighted by Gasteiger charge is -2.16. The summed E-state index contributed by atoms with van der Waals surface area (Å²) in [6.45, 7) is 7.27. The van der Waals surface area contributed by atoms with Gasteiger partial charge in [0.2, 0.25) is 0 Å². The van der Waals surface area contributed by atoms with Crippen molar-refractivity contribution in [3.63, 3.8) is 0 Å². The monoisotopic (exact) mass is 472 g/mol. The molecule has 0 aromatic carbocycles. The van der Waals surface area contributed by atoms with Gasteiger partial charge in [-0.2, -0.15) is 4.31 Å². The van der Waals surface area contributed by atoms with E-state index in [9.17, 15) is 8.42 Å². The Morgan fingerprint density at radius 1 is 1.35 bits per heavy atom. The first-order valence-corrected chi connectivity index (χ1v) is 9.83. The quantitative estimate of drug-likeness (QED) is 0.616. The predicted octanol–water partition coefficient (Wildman–Crippen LogP) is 1.83. The van der Waals surface area contributed by atoms with E-state index in [0.717, 1.165) is 36.9 Å². The van der Waals surface area contributed by atoms with Gasteiger partial charge in [-0.1, -0.05) is 13.8 Å². The summed E-state index contributed by atoms with van der Waals surface area (Å²) >= 11 is 1.36. The van der Waals surface area contributed by atoms with E-state index < -0.39 is 10.0 Å². The number of nitrogens with zero attached hydrogens (tertiary/aromatic N) is 3. The molecule has 6 nitrogen and oxygen atoms in total. The lowest BCUT2D eigenvalue weighted by molar-refractivity contribution is 0.447. The highest BCUT2D eigenvalue weighted by Crippen LogP contribution is 2.25. The lowest BCUT2D eigenvalue weighted by atomic mass is 10.3. The fourth-order valence-corrected chi connectivity index (χ4v) is 5.31. The van der Waals surface area contributed by atoms with Crippen molar-refractivity contribution in [2.45, 2.75) is 24.5 Å².